The molecule has 0 spiro atoms. The van der Waals surface area contributed by atoms with Crippen LogP contribution in [0, 0.1) is 0 Å². The van der Waals surface area contributed by atoms with E-state index in [9.17, 15) is 9.59 Å². The molecule has 2 aromatic rings. The molecule has 0 saturated carbocycles. The molecule has 0 bridgehead atoms. The van der Waals surface area contributed by atoms with Crippen LogP contribution in [-0.2, 0) is 16.1 Å². The number of ether oxygens (including phenoxy) is 1. The van der Waals surface area contributed by atoms with Gasteiger partial charge in [0.1, 0.15) is 5.75 Å². The summed E-state index contributed by atoms with van der Waals surface area (Å²) in [5.74, 6) is 0.0757. The van der Waals surface area contributed by atoms with Crippen molar-refractivity contribution in [2.75, 3.05) is 40.3 Å². The Labute approximate surface area is 187 Å². The Morgan fingerprint density at radius 2 is 1.73 bits per heavy atom. The number of amides is 2. The third kappa shape index (κ3) is 8.61. The van der Waals surface area contributed by atoms with Gasteiger partial charge in [-0.1, -0.05) is 47.5 Å². The number of carbonyl (C=O) groups is 2. The highest BCUT2D eigenvalue weighted by molar-refractivity contribution is 6.42. The molecule has 0 fully saturated rings. The molecule has 0 aromatic heterocycles. The van der Waals surface area contributed by atoms with Crippen LogP contribution in [0.15, 0.2) is 48.5 Å². The summed E-state index contributed by atoms with van der Waals surface area (Å²) in [5.41, 5.74) is 0.876. The molecule has 0 aliphatic heterocycles. The minimum Gasteiger partial charge on any atom is -0.484 e. The molecule has 0 heterocycles. The first-order chi connectivity index (χ1) is 14.3. The zero-order chi connectivity index (χ0) is 21.9. The van der Waals surface area contributed by atoms with Crippen LogP contribution in [0.5, 0.6) is 5.75 Å². The fourth-order valence-corrected chi connectivity index (χ4v) is 3.05. The van der Waals surface area contributed by atoms with Gasteiger partial charge in [0.2, 0.25) is 5.91 Å². The van der Waals surface area contributed by atoms with Crippen LogP contribution >= 0.6 is 23.2 Å². The molecule has 2 amide bonds. The van der Waals surface area contributed by atoms with Gasteiger partial charge < -0.3 is 19.9 Å². The molecular formula is C22H27Cl2N3O3. The Bertz CT molecular complexity index is 832. The average molecular weight is 452 g/mol. The fraction of sp³-hybridized carbons (Fsp3) is 0.364. The fourth-order valence-electron chi connectivity index (χ4n) is 2.73. The minimum absolute atomic E-state index is 0.0970. The molecule has 2 rings (SSSR count). The van der Waals surface area contributed by atoms with Gasteiger partial charge in [0.05, 0.1) is 16.6 Å². The Morgan fingerprint density at radius 3 is 2.40 bits per heavy atom. The topological polar surface area (TPSA) is 61.9 Å². The summed E-state index contributed by atoms with van der Waals surface area (Å²) in [7, 11) is 3.97. The van der Waals surface area contributed by atoms with E-state index in [2.05, 4.69) is 10.2 Å². The second-order valence-electron chi connectivity index (χ2n) is 7.10. The molecule has 0 aliphatic rings. The first kappa shape index (κ1) is 24.0. The molecule has 1 N–H and O–H groups in total. The van der Waals surface area contributed by atoms with E-state index in [0.717, 1.165) is 18.5 Å². The van der Waals surface area contributed by atoms with Gasteiger partial charge in [0.15, 0.2) is 6.61 Å². The second kappa shape index (κ2) is 12.4. The zero-order valence-electron chi connectivity index (χ0n) is 17.2. The summed E-state index contributed by atoms with van der Waals surface area (Å²) < 4.78 is 5.40. The maximum absolute atomic E-state index is 12.8. The van der Waals surface area contributed by atoms with E-state index in [1.807, 2.05) is 38.4 Å². The van der Waals surface area contributed by atoms with Gasteiger partial charge in [-0.15, -0.1) is 0 Å². The van der Waals surface area contributed by atoms with Gasteiger partial charge in [-0.05, 0) is 56.9 Å². The van der Waals surface area contributed by atoms with Crippen LogP contribution in [0.3, 0.4) is 0 Å². The van der Waals surface area contributed by atoms with Crippen molar-refractivity contribution in [3.8, 4) is 5.75 Å². The molecule has 30 heavy (non-hydrogen) atoms. The highest BCUT2D eigenvalue weighted by atomic mass is 35.5. The lowest BCUT2D eigenvalue weighted by atomic mass is 10.2. The molecule has 6 nitrogen and oxygen atoms in total. The molecule has 8 heteroatoms. The number of benzene rings is 2. The summed E-state index contributed by atoms with van der Waals surface area (Å²) in [5, 5.41) is 3.54. The normalized spacial score (nSPS) is 10.7. The van der Waals surface area contributed by atoms with Crippen molar-refractivity contribution in [2.45, 2.75) is 13.0 Å². The Balaban J connectivity index is 1.90. The predicted octanol–water partition coefficient (Wildman–Crippen LogP) is 3.47. The van der Waals surface area contributed by atoms with Crippen molar-refractivity contribution in [2.24, 2.45) is 0 Å². The van der Waals surface area contributed by atoms with E-state index in [1.54, 1.807) is 29.2 Å². The van der Waals surface area contributed by atoms with Gasteiger partial charge in [-0.2, -0.15) is 0 Å². The standard InChI is InChI=1S/C22H27Cl2N3O3/c1-26(2)11-6-12-27(15-17-9-10-19(23)20(24)13-17)22(29)14-25-21(28)16-30-18-7-4-3-5-8-18/h3-5,7-10,13H,6,11-12,14-16H2,1-2H3,(H,25,28). The van der Waals surface area contributed by atoms with Crippen molar-refractivity contribution in [3.05, 3.63) is 64.1 Å². The quantitative estimate of drug-likeness (QED) is 0.567. The molecular weight excluding hydrogens is 425 g/mol. The van der Waals surface area contributed by atoms with Gasteiger partial charge in [-0.3, -0.25) is 9.59 Å². The molecule has 0 radical (unpaired) electrons. The van der Waals surface area contributed by atoms with Crippen LogP contribution in [-0.4, -0.2) is 62.0 Å². The predicted molar refractivity (Wildman–Crippen MR) is 120 cm³/mol. The van der Waals surface area contributed by atoms with E-state index in [-0.39, 0.29) is 25.0 Å². The van der Waals surface area contributed by atoms with Crippen LogP contribution < -0.4 is 10.1 Å². The minimum atomic E-state index is -0.352. The first-order valence-corrected chi connectivity index (χ1v) is 10.4. The summed E-state index contributed by atoms with van der Waals surface area (Å²) in [6.45, 7) is 1.56. The first-order valence-electron chi connectivity index (χ1n) is 9.66. The third-order valence-electron chi connectivity index (χ3n) is 4.29. The summed E-state index contributed by atoms with van der Waals surface area (Å²) in [6.07, 6.45) is 0.811. The van der Waals surface area contributed by atoms with Crippen molar-refractivity contribution >= 4 is 35.0 Å². The maximum Gasteiger partial charge on any atom is 0.258 e. The average Bonchev–Trinajstić information content (AvgIpc) is 2.73. The SMILES string of the molecule is CN(C)CCCN(Cc1ccc(Cl)c(Cl)c1)C(=O)CNC(=O)COc1ccccc1. The number of carbonyl (C=O) groups excluding carboxylic acids is 2. The second-order valence-corrected chi connectivity index (χ2v) is 7.91. The van der Waals surface area contributed by atoms with E-state index in [4.69, 9.17) is 27.9 Å². The largest absolute Gasteiger partial charge is 0.484 e. The van der Waals surface area contributed by atoms with E-state index < -0.39 is 0 Å². The lowest BCUT2D eigenvalue weighted by Gasteiger charge is -2.24. The highest BCUT2D eigenvalue weighted by Gasteiger charge is 2.16. The van der Waals surface area contributed by atoms with E-state index in [0.29, 0.717) is 28.9 Å². The van der Waals surface area contributed by atoms with E-state index in [1.165, 1.54) is 0 Å². The maximum atomic E-state index is 12.8. The molecule has 2 aromatic carbocycles. The third-order valence-corrected chi connectivity index (χ3v) is 5.03. The molecule has 0 atom stereocenters. The van der Waals surface area contributed by atoms with Crippen molar-refractivity contribution in [1.82, 2.24) is 15.1 Å². The van der Waals surface area contributed by atoms with Gasteiger partial charge >= 0.3 is 0 Å². The molecule has 0 saturated heterocycles. The number of nitrogens with zero attached hydrogens (tertiary/aromatic N) is 2. The molecule has 0 unspecified atom stereocenters. The Morgan fingerprint density at radius 1 is 1.00 bits per heavy atom. The Kier molecular flexibility index (Phi) is 9.94. The van der Waals surface area contributed by atoms with Gasteiger partial charge in [0.25, 0.3) is 5.91 Å². The van der Waals surface area contributed by atoms with Crippen LogP contribution in [0.1, 0.15) is 12.0 Å². The lowest BCUT2D eigenvalue weighted by molar-refractivity contribution is -0.133. The van der Waals surface area contributed by atoms with Crippen LogP contribution in [0.2, 0.25) is 10.0 Å². The van der Waals surface area contributed by atoms with Crippen molar-refractivity contribution < 1.29 is 14.3 Å². The van der Waals surface area contributed by atoms with Crippen LogP contribution in [0.25, 0.3) is 0 Å². The highest BCUT2D eigenvalue weighted by Crippen LogP contribution is 2.23. The van der Waals surface area contributed by atoms with Gasteiger partial charge in [-0.25, -0.2) is 0 Å². The summed E-state index contributed by atoms with van der Waals surface area (Å²) >= 11 is 12.1. The smallest absolute Gasteiger partial charge is 0.258 e. The number of hydrogen-bond donors (Lipinski definition) is 1. The summed E-state index contributed by atoms with van der Waals surface area (Å²) in [6, 6.07) is 14.4. The lowest BCUT2D eigenvalue weighted by Crippen LogP contribution is -2.42. The van der Waals surface area contributed by atoms with Crippen molar-refractivity contribution in [3.63, 3.8) is 0 Å². The van der Waals surface area contributed by atoms with Crippen LogP contribution in [0.4, 0.5) is 0 Å². The number of halogens is 2. The number of hydrogen-bond acceptors (Lipinski definition) is 4. The monoisotopic (exact) mass is 451 g/mol. The number of para-hydroxylation sites is 1. The summed E-state index contributed by atoms with van der Waals surface area (Å²) in [4.78, 5) is 28.6. The number of nitrogens with one attached hydrogen (secondary N) is 1. The van der Waals surface area contributed by atoms with E-state index >= 15 is 0 Å². The number of rotatable bonds is 11. The molecule has 0 aliphatic carbocycles. The molecule has 162 valence electrons. The van der Waals surface area contributed by atoms with Gasteiger partial charge in [0, 0.05) is 13.1 Å². The Hall–Kier alpha value is -2.28. The zero-order valence-corrected chi connectivity index (χ0v) is 18.7. The van der Waals surface area contributed by atoms with Crippen molar-refractivity contribution in [1.29, 1.82) is 0 Å².